The number of rotatable bonds is 4. The van der Waals surface area contributed by atoms with Crippen LogP contribution in [0, 0.1) is 0 Å². The summed E-state index contributed by atoms with van der Waals surface area (Å²) < 4.78 is 1.97. The highest BCUT2D eigenvalue weighted by atomic mass is 15.3. The number of hydrogen-bond acceptors (Lipinski definition) is 3. The van der Waals surface area contributed by atoms with E-state index in [1.807, 2.05) is 23.1 Å². The molecule has 0 saturated carbocycles. The third kappa shape index (κ3) is 2.79. The van der Waals surface area contributed by atoms with Gasteiger partial charge in [-0.1, -0.05) is 0 Å². The van der Waals surface area contributed by atoms with Crippen LogP contribution in [0.2, 0.25) is 0 Å². The van der Waals surface area contributed by atoms with Crippen molar-refractivity contribution in [2.75, 3.05) is 20.1 Å². The van der Waals surface area contributed by atoms with E-state index in [9.17, 15) is 0 Å². The van der Waals surface area contributed by atoms with Gasteiger partial charge in [0.1, 0.15) is 0 Å². The highest BCUT2D eigenvalue weighted by Gasteiger charge is 2.25. The summed E-state index contributed by atoms with van der Waals surface area (Å²) in [4.78, 5) is 2.41. The van der Waals surface area contributed by atoms with Gasteiger partial charge in [0.15, 0.2) is 0 Å². The zero-order valence-corrected chi connectivity index (χ0v) is 9.56. The Morgan fingerprint density at radius 3 is 3.00 bits per heavy atom. The largest absolute Gasteiger partial charge is 0.311 e. The first-order valence-electron chi connectivity index (χ1n) is 5.67. The van der Waals surface area contributed by atoms with Crippen molar-refractivity contribution in [1.82, 2.24) is 20.0 Å². The summed E-state index contributed by atoms with van der Waals surface area (Å²) >= 11 is 0. The SMILES string of the molecule is CC1CC(NCCn2cccn2)CN1C. The third-order valence-corrected chi connectivity index (χ3v) is 3.22. The van der Waals surface area contributed by atoms with Crippen LogP contribution in [0.1, 0.15) is 13.3 Å². The molecule has 1 fully saturated rings. The summed E-state index contributed by atoms with van der Waals surface area (Å²) in [6, 6.07) is 3.33. The molecule has 1 aliphatic rings. The number of nitrogens with zero attached hydrogens (tertiary/aromatic N) is 3. The van der Waals surface area contributed by atoms with Crippen LogP contribution in [-0.4, -0.2) is 46.9 Å². The summed E-state index contributed by atoms with van der Waals surface area (Å²) in [7, 11) is 2.19. The van der Waals surface area contributed by atoms with Gasteiger partial charge < -0.3 is 10.2 Å². The molecule has 1 aromatic heterocycles. The van der Waals surface area contributed by atoms with Gasteiger partial charge in [-0.15, -0.1) is 0 Å². The second-order valence-electron chi connectivity index (χ2n) is 4.44. The van der Waals surface area contributed by atoms with Gasteiger partial charge in [0.25, 0.3) is 0 Å². The molecule has 2 rings (SSSR count). The summed E-state index contributed by atoms with van der Waals surface area (Å²) in [6.07, 6.45) is 5.09. The monoisotopic (exact) mass is 208 g/mol. The summed E-state index contributed by atoms with van der Waals surface area (Å²) in [5, 5.41) is 7.75. The topological polar surface area (TPSA) is 33.1 Å². The highest BCUT2D eigenvalue weighted by molar-refractivity contribution is 4.85. The zero-order chi connectivity index (χ0) is 10.7. The minimum absolute atomic E-state index is 0.653. The maximum absolute atomic E-state index is 4.18. The average Bonchev–Trinajstić information content (AvgIpc) is 2.79. The Kier molecular flexibility index (Phi) is 3.38. The lowest BCUT2D eigenvalue weighted by molar-refractivity contribution is 0.326. The molecule has 1 N–H and O–H groups in total. The van der Waals surface area contributed by atoms with E-state index in [-0.39, 0.29) is 0 Å². The van der Waals surface area contributed by atoms with Crippen molar-refractivity contribution in [2.45, 2.75) is 32.0 Å². The summed E-state index contributed by atoms with van der Waals surface area (Å²) in [6.45, 7) is 5.42. The van der Waals surface area contributed by atoms with Gasteiger partial charge in [-0.3, -0.25) is 4.68 Å². The number of nitrogens with one attached hydrogen (secondary N) is 1. The normalized spacial score (nSPS) is 27.3. The van der Waals surface area contributed by atoms with E-state index in [2.05, 4.69) is 29.3 Å². The van der Waals surface area contributed by atoms with Crippen molar-refractivity contribution >= 4 is 0 Å². The molecular formula is C11H20N4. The predicted molar refractivity (Wildman–Crippen MR) is 60.7 cm³/mol. The van der Waals surface area contributed by atoms with Crippen molar-refractivity contribution in [1.29, 1.82) is 0 Å². The molecule has 0 bridgehead atoms. The highest BCUT2D eigenvalue weighted by Crippen LogP contribution is 2.14. The maximum atomic E-state index is 4.18. The molecule has 0 radical (unpaired) electrons. The summed E-state index contributed by atoms with van der Waals surface area (Å²) in [5.74, 6) is 0. The fourth-order valence-corrected chi connectivity index (χ4v) is 2.16. The number of aromatic nitrogens is 2. The fraction of sp³-hybridized carbons (Fsp3) is 0.727. The Morgan fingerprint density at radius 1 is 1.53 bits per heavy atom. The first kappa shape index (κ1) is 10.6. The van der Waals surface area contributed by atoms with E-state index in [4.69, 9.17) is 0 Å². The maximum Gasteiger partial charge on any atom is 0.0534 e. The van der Waals surface area contributed by atoms with Crippen LogP contribution in [0.15, 0.2) is 18.5 Å². The van der Waals surface area contributed by atoms with Crippen molar-refractivity contribution < 1.29 is 0 Å². The van der Waals surface area contributed by atoms with Gasteiger partial charge in [0.05, 0.1) is 6.54 Å². The third-order valence-electron chi connectivity index (χ3n) is 3.22. The quantitative estimate of drug-likeness (QED) is 0.785. The van der Waals surface area contributed by atoms with Crippen LogP contribution in [0.3, 0.4) is 0 Å². The lowest BCUT2D eigenvalue weighted by Gasteiger charge is -2.13. The van der Waals surface area contributed by atoms with Crippen LogP contribution in [-0.2, 0) is 6.54 Å². The zero-order valence-electron chi connectivity index (χ0n) is 9.56. The molecule has 0 aliphatic carbocycles. The smallest absolute Gasteiger partial charge is 0.0534 e. The summed E-state index contributed by atoms with van der Waals surface area (Å²) in [5.41, 5.74) is 0. The lowest BCUT2D eigenvalue weighted by Crippen LogP contribution is -2.33. The Balaban J connectivity index is 1.67. The molecular weight excluding hydrogens is 188 g/mol. The van der Waals surface area contributed by atoms with Gasteiger partial charge >= 0.3 is 0 Å². The molecule has 1 aromatic rings. The number of likely N-dealkylation sites (N-methyl/N-ethyl adjacent to an activating group) is 1. The molecule has 2 unspecified atom stereocenters. The molecule has 1 aliphatic heterocycles. The first-order valence-corrected chi connectivity index (χ1v) is 5.67. The molecule has 84 valence electrons. The van der Waals surface area contributed by atoms with Gasteiger partial charge in [0, 0.05) is 37.6 Å². The van der Waals surface area contributed by atoms with Gasteiger partial charge in [-0.2, -0.15) is 5.10 Å². The van der Waals surface area contributed by atoms with Crippen molar-refractivity contribution in [3.05, 3.63) is 18.5 Å². The van der Waals surface area contributed by atoms with E-state index in [0.29, 0.717) is 12.1 Å². The van der Waals surface area contributed by atoms with E-state index in [1.54, 1.807) is 0 Å². The molecule has 0 amide bonds. The van der Waals surface area contributed by atoms with E-state index in [0.717, 1.165) is 13.1 Å². The molecule has 2 atom stereocenters. The van der Waals surface area contributed by atoms with E-state index in [1.165, 1.54) is 13.0 Å². The Labute approximate surface area is 91.3 Å². The van der Waals surface area contributed by atoms with Crippen LogP contribution >= 0.6 is 0 Å². The number of hydrogen-bond donors (Lipinski definition) is 1. The molecule has 2 heterocycles. The van der Waals surface area contributed by atoms with Crippen LogP contribution < -0.4 is 5.32 Å². The standard InChI is InChI=1S/C11H20N4/c1-10-8-11(9-14(10)2)12-5-7-15-6-3-4-13-15/h3-4,6,10-12H,5,7-9H2,1-2H3. The average molecular weight is 208 g/mol. The van der Waals surface area contributed by atoms with Crippen LogP contribution in [0.5, 0.6) is 0 Å². The molecule has 15 heavy (non-hydrogen) atoms. The van der Waals surface area contributed by atoms with Gasteiger partial charge in [0.2, 0.25) is 0 Å². The molecule has 0 aromatic carbocycles. The van der Waals surface area contributed by atoms with Crippen molar-refractivity contribution in [3.63, 3.8) is 0 Å². The lowest BCUT2D eigenvalue weighted by atomic mass is 10.2. The second-order valence-corrected chi connectivity index (χ2v) is 4.44. The minimum atomic E-state index is 0.653. The fourth-order valence-electron chi connectivity index (χ4n) is 2.16. The number of likely N-dealkylation sites (tertiary alicyclic amines) is 1. The van der Waals surface area contributed by atoms with Crippen molar-refractivity contribution in [3.8, 4) is 0 Å². The molecule has 0 spiro atoms. The van der Waals surface area contributed by atoms with Gasteiger partial charge in [-0.05, 0) is 26.5 Å². The second kappa shape index (κ2) is 4.77. The van der Waals surface area contributed by atoms with Crippen LogP contribution in [0.4, 0.5) is 0 Å². The minimum Gasteiger partial charge on any atom is -0.311 e. The van der Waals surface area contributed by atoms with Crippen molar-refractivity contribution in [2.24, 2.45) is 0 Å². The van der Waals surface area contributed by atoms with E-state index >= 15 is 0 Å². The Hall–Kier alpha value is -0.870. The Morgan fingerprint density at radius 2 is 2.40 bits per heavy atom. The first-order chi connectivity index (χ1) is 7.25. The van der Waals surface area contributed by atoms with Crippen LogP contribution in [0.25, 0.3) is 0 Å². The molecule has 4 nitrogen and oxygen atoms in total. The van der Waals surface area contributed by atoms with Gasteiger partial charge in [-0.25, -0.2) is 0 Å². The molecule has 4 heteroatoms. The van der Waals surface area contributed by atoms with E-state index < -0.39 is 0 Å². The molecule has 1 saturated heterocycles. The predicted octanol–water partition coefficient (Wildman–Crippen LogP) is 0.565. The Bertz CT molecular complexity index is 273.